The lowest BCUT2D eigenvalue weighted by Gasteiger charge is -2.16. The van der Waals surface area contributed by atoms with E-state index < -0.39 is 0 Å². The zero-order chi connectivity index (χ0) is 23.7. The Morgan fingerprint density at radius 1 is 1.18 bits per heavy atom. The molecule has 0 fully saturated rings. The summed E-state index contributed by atoms with van der Waals surface area (Å²) in [7, 11) is 2.05. The molecular formula is C27H32N6O. The highest BCUT2D eigenvalue weighted by molar-refractivity contribution is 5.80. The van der Waals surface area contributed by atoms with E-state index in [0.717, 1.165) is 48.1 Å². The summed E-state index contributed by atoms with van der Waals surface area (Å²) in [4.78, 5) is 9.24. The molecule has 0 bridgehead atoms. The van der Waals surface area contributed by atoms with Gasteiger partial charge in [0.1, 0.15) is 0 Å². The maximum atomic E-state index is 9.23. The molecule has 1 aliphatic carbocycles. The van der Waals surface area contributed by atoms with Crippen molar-refractivity contribution in [3.63, 3.8) is 0 Å². The van der Waals surface area contributed by atoms with Gasteiger partial charge >= 0.3 is 0 Å². The van der Waals surface area contributed by atoms with Crippen molar-refractivity contribution in [3.05, 3.63) is 76.9 Å². The number of aliphatic hydroxyl groups excluding tert-OH is 1. The molecule has 176 valence electrons. The Labute approximate surface area is 200 Å². The summed E-state index contributed by atoms with van der Waals surface area (Å²) < 4.78 is 4.20. The van der Waals surface area contributed by atoms with Crippen molar-refractivity contribution in [2.75, 3.05) is 17.7 Å². The number of aliphatic hydroxyl groups is 1. The number of benzene rings is 2. The van der Waals surface area contributed by atoms with Crippen molar-refractivity contribution in [2.45, 2.75) is 45.7 Å². The Morgan fingerprint density at radius 2 is 2.06 bits per heavy atom. The molecule has 34 heavy (non-hydrogen) atoms. The van der Waals surface area contributed by atoms with Gasteiger partial charge in [-0.25, -0.2) is 9.97 Å². The quantitative estimate of drug-likeness (QED) is 0.369. The summed E-state index contributed by atoms with van der Waals surface area (Å²) in [6, 6.07) is 12.8. The molecule has 0 spiro atoms. The van der Waals surface area contributed by atoms with E-state index in [1.165, 1.54) is 28.0 Å². The number of fused-ring (bicyclic) bond motifs is 2. The largest absolute Gasteiger partial charge is 0.396 e. The Hall–Kier alpha value is -3.58. The Bertz CT molecular complexity index is 1360. The molecule has 2 aromatic heterocycles. The number of rotatable bonds is 8. The van der Waals surface area contributed by atoms with Crippen LogP contribution in [0.2, 0.25) is 0 Å². The van der Waals surface area contributed by atoms with E-state index in [4.69, 9.17) is 5.73 Å². The molecule has 0 unspecified atom stereocenters. The molecule has 1 aliphatic rings. The van der Waals surface area contributed by atoms with Gasteiger partial charge in [0, 0.05) is 31.6 Å². The van der Waals surface area contributed by atoms with E-state index in [9.17, 15) is 5.11 Å². The Balaban J connectivity index is 1.40. The lowest BCUT2D eigenvalue weighted by atomic mass is 10.00. The normalized spacial score (nSPS) is 13.2. The minimum atomic E-state index is 0.200. The van der Waals surface area contributed by atoms with Gasteiger partial charge in [0.25, 0.3) is 0 Å². The molecule has 2 aromatic carbocycles. The Morgan fingerprint density at radius 3 is 2.91 bits per heavy atom. The first-order chi connectivity index (χ1) is 16.5. The van der Waals surface area contributed by atoms with Gasteiger partial charge in [0.05, 0.1) is 29.6 Å². The van der Waals surface area contributed by atoms with E-state index in [2.05, 4.69) is 74.8 Å². The number of aromatic nitrogens is 4. The fourth-order valence-corrected chi connectivity index (χ4v) is 4.81. The van der Waals surface area contributed by atoms with Gasteiger partial charge in [-0.1, -0.05) is 24.3 Å². The summed E-state index contributed by atoms with van der Waals surface area (Å²) in [6.45, 7) is 3.66. The summed E-state index contributed by atoms with van der Waals surface area (Å²) in [5.74, 6) is 0.522. The van der Waals surface area contributed by atoms with Crippen LogP contribution in [0, 0.1) is 6.92 Å². The molecule has 0 saturated carbocycles. The summed E-state index contributed by atoms with van der Waals surface area (Å²) >= 11 is 0. The lowest BCUT2D eigenvalue weighted by molar-refractivity contribution is 0.288. The second kappa shape index (κ2) is 9.35. The molecule has 0 aliphatic heterocycles. The highest BCUT2D eigenvalue weighted by Crippen LogP contribution is 2.29. The first-order valence-electron chi connectivity index (χ1n) is 11.9. The molecule has 0 saturated heterocycles. The zero-order valence-corrected chi connectivity index (χ0v) is 19.9. The number of imidazole rings is 2. The predicted molar refractivity (Wildman–Crippen MR) is 138 cm³/mol. The number of nitrogen functional groups attached to an aromatic ring is 1. The van der Waals surface area contributed by atoms with Crippen molar-refractivity contribution >= 4 is 28.2 Å². The maximum Gasteiger partial charge on any atom is 0.201 e. The maximum absolute atomic E-state index is 9.23. The van der Waals surface area contributed by atoms with Gasteiger partial charge in [0.2, 0.25) is 5.95 Å². The first kappa shape index (κ1) is 22.2. The standard InChI is InChI=1S/C27H32N6O/c1-18-8-10-20(6-4-12-34)23(13-18)29-15-19-9-11-22-25(14-19)33(27(28)31-22)16-21-5-3-7-24-26(21)30-17-32(24)2/h5,8-11,13-14,17,29,34H,3-4,6-7,12,15-16H2,1-2H3,(H2,28,31). The topological polar surface area (TPSA) is 93.9 Å². The van der Waals surface area contributed by atoms with Crippen molar-refractivity contribution < 1.29 is 5.11 Å². The number of aryl methyl sites for hydroxylation is 3. The van der Waals surface area contributed by atoms with E-state index >= 15 is 0 Å². The van der Waals surface area contributed by atoms with Crippen LogP contribution in [0.25, 0.3) is 16.6 Å². The van der Waals surface area contributed by atoms with Gasteiger partial charge in [-0.15, -0.1) is 0 Å². The SMILES string of the molecule is Cc1ccc(CCCO)c(NCc2ccc3nc(N)n(CC4=CCCc5c4ncn5C)c3c2)c1. The fraction of sp³-hybridized carbons (Fsp3) is 0.333. The minimum Gasteiger partial charge on any atom is -0.396 e. The second-order valence-corrected chi connectivity index (χ2v) is 9.14. The van der Waals surface area contributed by atoms with Crippen molar-refractivity contribution in [1.29, 1.82) is 0 Å². The number of allylic oxidation sites excluding steroid dienone is 2. The molecule has 0 amide bonds. The van der Waals surface area contributed by atoms with Crippen LogP contribution in [0.15, 0.2) is 48.8 Å². The van der Waals surface area contributed by atoms with Crippen LogP contribution in [-0.2, 0) is 33.0 Å². The highest BCUT2D eigenvalue weighted by Gasteiger charge is 2.19. The first-order valence-corrected chi connectivity index (χ1v) is 11.9. The molecule has 7 heteroatoms. The van der Waals surface area contributed by atoms with Crippen LogP contribution in [0.1, 0.15) is 40.9 Å². The number of hydrogen-bond donors (Lipinski definition) is 3. The van der Waals surface area contributed by atoms with Crippen LogP contribution in [0.3, 0.4) is 0 Å². The van der Waals surface area contributed by atoms with E-state index in [0.29, 0.717) is 19.0 Å². The van der Waals surface area contributed by atoms with E-state index in [1.54, 1.807) is 0 Å². The number of nitrogens with two attached hydrogens (primary N) is 1. The number of nitrogens with one attached hydrogen (secondary N) is 1. The minimum absolute atomic E-state index is 0.200. The third-order valence-electron chi connectivity index (χ3n) is 6.66. The summed E-state index contributed by atoms with van der Waals surface area (Å²) in [6.07, 6.45) is 7.81. The third kappa shape index (κ3) is 4.31. The molecule has 5 rings (SSSR count). The Kier molecular flexibility index (Phi) is 6.11. The average molecular weight is 457 g/mol. The van der Waals surface area contributed by atoms with E-state index in [1.807, 2.05) is 12.4 Å². The van der Waals surface area contributed by atoms with Gasteiger partial charge in [-0.05, 0) is 73.1 Å². The number of hydrogen-bond acceptors (Lipinski definition) is 5. The molecule has 2 heterocycles. The van der Waals surface area contributed by atoms with Gasteiger partial charge in [0.15, 0.2) is 0 Å². The van der Waals surface area contributed by atoms with Crippen molar-refractivity contribution in [3.8, 4) is 0 Å². The smallest absolute Gasteiger partial charge is 0.201 e. The van der Waals surface area contributed by atoms with Crippen LogP contribution in [-0.4, -0.2) is 30.8 Å². The lowest BCUT2D eigenvalue weighted by Crippen LogP contribution is -2.10. The average Bonchev–Trinajstić information content (AvgIpc) is 3.37. The van der Waals surface area contributed by atoms with Crippen LogP contribution >= 0.6 is 0 Å². The van der Waals surface area contributed by atoms with Gasteiger partial charge in [-0.2, -0.15) is 0 Å². The molecule has 4 N–H and O–H groups in total. The third-order valence-corrected chi connectivity index (χ3v) is 6.66. The van der Waals surface area contributed by atoms with Crippen molar-refractivity contribution in [1.82, 2.24) is 19.1 Å². The molecule has 0 atom stereocenters. The van der Waals surface area contributed by atoms with E-state index in [-0.39, 0.29) is 6.61 Å². The predicted octanol–water partition coefficient (Wildman–Crippen LogP) is 4.23. The monoisotopic (exact) mass is 456 g/mol. The molecule has 7 nitrogen and oxygen atoms in total. The van der Waals surface area contributed by atoms with Gasteiger partial charge in [-0.3, -0.25) is 0 Å². The zero-order valence-electron chi connectivity index (χ0n) is 19.9. The summed E-state index contributed by atoms with van der Waals surface area (Å²) in [5, 5.41) is 12.8. The van der Waals surface area contributed by atoms with Crippen LogP contribution in [0.4, 0.5) is 11.6 Å². The van der Waals surface area contributed by atoms with Crippen molar-refractivity contribution in [2.24, 2.45) is 7.05 Å². The molecule has 4 aromatic rings. The summed E-state index contributed by atoms with van der Waals surface area (Å²) in [5.41, 5.74) is 16.6. The fourth-order valence-electron chi connectivity index (χ4n) is 4.81. The van der Waals surface area contributed by atoms with Crippen LogP contribution in [0.5, 0.6) is 0 Å². The molecule has 0 radical (unpaired) electrons. The molecular weight excluding hydrogens is 424 g/mol. The highest BCUT2D eigenvalue weighted by atomic mass is 16.2. The number of anilines is 2. The van der Waals surface area contributed by atoms with Crippen LogP contribution < -0.4 is 11.1 Å². The number of nitrogens with zero attached hydrogens (tertiary/aromatic N) is 4. The van der Waals surface area contributed by atoms with Gasteiger partial charge < -0.3 is 25.3 Å². The second-order valence-electron chi connectivity index (χ2n) is 9.14.